The molecule has 1 aliphatic rings. The van der Waals surface area contributed by atoms with E-state index in [0.29, 0.717) is 39.5 Å². The van der Waals surface area contributed by atoms with E-state index in [0.717, 1.165) is 11.1 Å². The molecule has 5 rings (SSSR count). The molecule has 0 saturated carbocycles. The predicted octanol–water partition coefficient (Wildman–Crippen LogP) is 6.82. The Kier molecular flexibility index (Phi) is 6.05. The third kappa shape index (κ3) is 4.73. The zero-order valence-electron chi connectivity index (χ0n) is 17.6. The zero-order chi connectivity index (χ0) is 22.6. The first kappa shape index (κ1) is 21.2. The van der Waals surface area contributed by atoms with Gasteiger partial charge in [-0.1, -0.05) is 66.7 Å². The molecular formula is C28H20BrNO3. The van der Waals surface area contributed by atoms with E-state index in [1.165, 1.54) is 0 Å². The number of carbonyl (C=O) groups excluding carboxylic acids is 1. The van der Waals surface area contributed by atoms with Gasteiger partial charge in [-0.05, 0) is 57.4 Å². The highest BCUT2D eigenvalue weighted by Crippen LogP contribution is 2.40. The molecule has 2 heterocycles. The van der Waals surface area contributed by atoms with Gasteiger partial charge < -0.3 is 9.47 Å². The number of nitrogens with zero attached hydrogens (tertiary/aromatic N) is 1. The van der Waals surface area contributed by atoms with Crippen LogP contribution >= 0.6 is 15.9 Å². The Hall–Kier alpha value is -3.70. The highest BCUT2D eigenvalue weighted by Gasteiger charge is 2.33. The lowest BCUT2D eigenvalue weighted by atomic mass is 9.90. The molecule has 5 heteroatoms. The Labute approximate surface area is 200 Å². The fourth-order valence-electron chi connectivity index (χ4n) is 3.76. The van der Waals surface area contributed by atoms with Crippen molar-refractivity contribution >= 4 is 27.8 Å². The van der Waals surface area contributed by atoms with Crippen molar-refractivity contribution in [3.05, 3.63) is 130 Å². The van der Waals surface area contributed by atoms with E-state index in [-0.39, 0.29) is 5.78 Å². The van der Waals surface area contributed by atoms with Crippen LogP contribution in [0.5, 0.6) is 11.5 Å². The number of Topliss-reactive ketones (excluding diaryl/α,β-unsaturated/α-hetero) is 1. The molecule has 0 bridgehead atoms. The van der Waals surface area contributed by atoms with Crippen LogP contribution in [0.2, 0.25) is 0 Å². The van der Waals surface area contributed by atoms with Crippen molar-refractivity contribution in [3.8, 4) is 11.5 Å². The van der Waals surface area contributed by atoms with Gasteiger partial charge in [0, 0.05) is 11.6 Å². The summed E-state index contributed by atoms with van der Waals surface area (Å²) in [6.45, 7) is 0.440. The van der Waals surface area contributed by atoms with E-state index in [1.807, 2.05) is 78.9 Å². The van der Waals surface area contributed by atoms with Crippen LogP contribution in [0.4, 0.5) is 0 Å². The van der Waals surface area contributed by atoms with Crippen molar-refractivity contribution < 1.29 is 14.3 Å². The minimum atomic E-state index is -0.545. The second-order valence-electron chi connectivity index (χ2n) is 7.65. The summed E-state index contributed by atoms with van der Waals surface area (Å²) in [5.74, 6) is 1.08. The molecule has 1 unspecified atom stereocenters. The normalized spacial score (nSPS) is 16.2. The number of carbonyl (C=O) groups is 1. The summed E-state index contributed by atoms with van der Waals surface area (Å²) >= 11 is 3.40. The molecule has 162 valence electrons. The fourth-order valence-corrected chi connectivity index (χ4v) is 4.12. The van der Waals surface area contributed by atoms with Crippen molar-refractivity contribution in [1.82, 2.24) is 4.98 Å². The number of fused-ring (bicyclic) bond motifs is 1. The van der Waals surface area contributed by atoms with Crippen LogP contribution in [0, 0.1) is 0 Å². The van der Waals surface area contributed by atoms with Gasteiger partial charge in [-0.2, -0.15) is 0 Å². The Morgan fingerprint density at radius 2 is 1.67 bits per heavy atom. The van der Waals surface area contributed by atoms with Crippen LogP contribution in [0.25, 0.3) is 6.08 Å². The lowest BCUT2D eigenvalue weighted by Gasteiger charge is -2.28. The Morgan fingerprint density at radius 1 is 0.909 bits per heavy atom. The summed E-state index contributed by atoms with van der Waals surface area (Å²) in [6, 6.07) is 30.7. The molecule has 33 heavy (non-hydrogen) atoms. The molecule has 1 aliphatic heterocycles. The van der Waals surface area contributed by atoms with Crippen LogP contribution in [-0.4, -0.2) is 10.8 Å². The maximum Gasteiger partial charge on any atom is 0.196 e. The number of aromatic nitrogens is 1. The molecule has 0 radical (unpaired) electrons. The molecule has 0 saturated heterocycles. The number of ketones is 1. The van der Waals surface area contributed by atoms with Gasteiger partial charge in [0.1, 0.15) is 22.7 Å². The summed E-state index contributed by atoms with van der Waals surface area (Å²) in [5, 5.41) is 0. The van der Waals surface area contributed by atoms with Gasteiger partial charge in [0.05, 0.1) is 11.3 Å². The van der Waals surface area contributed by atoms with Gasteiger partial charge in [-0.3, -0.25) is 4.79 Å². The zero-order valence-corrected chi connectivity index (χ0v) is 19.2. The van der Waals surface area contributed by atoms with Gasteiger partial charge in [-0.15, -0.1) is 0 Å². The van der Waals surface area contributed by atoms with E-state index in [2.05, 4.69) is 20.9 Å². The summed E-state index contributed by atoms with van der Waals surface area (Å²) in [7, 11) is 0. The minimum Gasteiger partial charge on any atom is -0.489 e. The van der Waals surface area contributed by atoms with Gasteiger partial charge in [-0.25, -0.2) is 4.98 Å². The Balaban J connectivity index is 1.50. The molecular weight excluding hydrogens is 478 g/mol. The molecule has 1 atom stereocenters. The number of ether oxygens (including phenoxy) is 2. The van der Waals surface area contributed by atoms with Crippen molar-refractivity contribution in [2.75, 3.05) is 0 Å². The van der Waals surface area contributed by atoms with E-state index < -0.39 is 6.10 Å². The standard InChI is InChI=1S/C28H20BrNO3/c29-26-13-7-12-21(30-26)16-24-27(31)23-15-14-22(32-18-19-8-3-1-4-9-19)17-25(23)33-28(24)20-10-5-2-6-11-20/h1-17,28H,18H2/b24-16+. The third-order valence-electron chi connectivity index (χ3n) is 5.38. The van der Waals surface area contributed by atoms with E-state index in [4.69, 9.17) is 9.47 Å². The summed E-state index contributed by atoms with van der Waals surface area (Å²) in [6.07, 6.45) is 1.25. The molecule has 0 amide bonds. The topological polar surface area (TPSA) is 48.4 Å². The lowest BCUT2D eigenvalue weighted by molar-refractivity contribution is 0.0963. The first-order chi connectivity index (χ1) is 16.2. The number of pyridine rings is 1. The fraction of sp³-hybridized carbons (Fsp3) is 0.0714. The van der Waals surface area contributed by atoms with Crippen LogP contribution < -0.4 is 9.47 Å². The second-order valence-corrected chi connectivity index (χ2v) is 8.47. The van der Waals surface area contributed by atoms with Gasteiger partial charge >= 0.3 is 0 Å². The molecule has 4 nitrogen and oxygen atoms in total. The van der Waals surface area contributed by atoms with Crippen LogP contribution in [0.15, 0.2) is 107 Å². The van der Waals surface area contributed by atoms with Crippen LogP contribution in [0.3, 0.4) is 0 Å². The van der Waals surface area contributed by atoms with Crippen LogP contribution in [0.1, 0.15) is 33.3 Å². The monoisotopic (exact) mass is 497 g/mol. The van der Waals surface area contributed by atoms with Crippen molar-refractivity contribution in [2.45, 2.75) is 12.7 Å². The van der Waals surface area contributed by atoms with Crippen molar-refractivity contribution in [2.24, 2.45) is 0 Å². The SMILES string of the molecule is O=C1/C(=C\c2cccc(Br)n2)C(c2ccccc2)Oc2cc(OCc3ccccc3)ccc21. The Bertz CT molecular complexity index is 1320. The summed E-state index contributed by atoms with van der Waals surface area (Å²) in [5.41, 5.74) is 3.70. The predicted molar refractivity (Wildman–Crippen MR) is 131 cm³/mol. The molecule has 3 aromatic carbocycles. The van der Waals surface area contributed by atoms with Gasteiger partial charge in [0.15, 0.2) is 11.9 Å². The molecule has 0 spiro atoms. The largest absolute Gasteiger partial charge is 0.489 e. The van der Waals surface area contributed by atoms with Crippen LogP contribution in [-0.2, 0) is 6.61 Å². The number of halogens is 1. The van der Waals surface area contributed by atoms with Crippen molar-refractivity contribution in [3.63, 3.8) is 0 Å². The van der Waals surface area contributed by atoms with Crippen molar-refractivity contribution in [1.29, 1.82) is 0 Å². The number of hydrogen-bond donors (Lipinski definition) is 0. The number of hydrogen-bond acceptors (Lipinski definition) is 4. The smallest absolute Gasteiger partial charge is 0.196 e. The molecule has 0 N–H and O–H groups in total. The maximum atomic E-state index is 13.6. The molecule has 0 aliphatic carbocycles. The maximum absolute atomic E-state index is 13.6. The average molecular weight is 498 g/mol. The molecule has 0 fully saturated rings. The summed E-state index contributed by atoms with van der Waals surface area (Å²) < 4.78 is 13.0. The third-order valence-corrected chi connectivity index (χ3v) is 5.82. The van der Waals surface area contributed by atoms with Gasteiger partial charge in [0.25, 0.3) is 0 Å². The highest BCUT2D eigenvalue weighted by atomic mass is 79.9. The van der Waals surface area contributed by atoms with E-state index in [9.17, 15) is 4.79 Å². The first-order valence-electron chi connectivity index (χ1n) is 10.6. The Morgan fingerprint density at radius 3 is 2.42 bits per heavy atom. The van der Waals surface area contributed by atoms with E-state index in [1.54, 1.807) is 24.3 Å². The number of rotatable bonds is 5. The highest BCUT2D eigenvalue weighted by molar-refractivity contribution is 9.10. The lowest BCUT2D eigenvalue weighted by Crippen LogP contribution is -2.24. The minimum absolute atomic E-state index is 0.0820. The summed E-state index contributed by atoms with van der Waals surface area (Å²) in [4.78, 5) is 18.0. The van der Waals surface area contributed by atoms with Gasteiger partial charge in [0.2, 0.25) is 0 Å². The number of benzene rings is 3. The molecule has 1 aromatic heterocycles. The molecule has 4 aromatic rings. The average Bonchev–Trinajstić information content (AvgIpc) is 2.85. The first-order valence-corrected chi connectivity index (χ1v) is 11.4. The second kappa shape index (κ2) is 9.43. The quantitative estimate of drug-likeness (QED) is 0.224. The van der Waals surface area contributed by atoms with E-state index >= 15 is 0 Å².